The number of amides is 1. The van der Waals surface area contributed by atoms with Gasteiger partial charge in [-0.05, 0) is 39.0 Å². The first-order valence-electron chi connectivity index (χ1n) is 6.67. The van der Waals surface area contributed by atoms with Crippen molar-refractivity contribution in [2.75, 3.05) is 11.1 Å². The number of carbonyl (C=O) groups is 1. The van der Waals surface area contributed by atoms with E-state index in [0.717, 1.165) is 11.0 Å². The van der Waals surface area contributed by atoms with Gasteiger partial charge in [0.2, 0.25) is 5.91 Å². The van der Waals surface area contributed by atoms with E-state index in [1.54, 1.807) is 18.2 Å². The molecule has 8 heteroatoms. The second kappa shape index (κ2) is 7.35. The van der Waals surface area contributed by atoms with Gasteiger partial charge in [0.1, 0.15) is 5.82 Å². The van der Waals surface area contributed by atoms with E-state index in [9.17, 15) is 4.79 Å². The van der Waals surface area contributed by atoms with Gasteiger partial charge in [-0.3, -0.25) is 4.79 Å². The Bertz CT molecular complexity index is 687. The van der Waals surface area contributed by atoms with Gasteiger partial charge in [0.05, 0.1) is 16.5 Å². The summed E-state index contributed by atoms with van der Waals surface area (Å²) in [5, 5.41) is 12.6. The lowest BCUT2D eigenvalue weighted by molar-refractivity contribution is -0.113. The number of halogens is 2. The van der Waals surface area contributed by atoms with Crippen molar-refractivity contribution in [1.29, 1.82) is 0 Å². The highest BCUT2D eigenvalue weighted by atomic mass is 35.5. The Morgan fingerprint density at radius 2 is 2.09 bits per heavy atom. The summed E-state index contributed by atoms with van der Waals surface area (Å²) in [5.41, 5.74) is 0.501. The summed E-state index contributed by atoms with van der Waals surface area (Å²) in [6.45, 7) is 5.99. The fraction of sp³-hybridized carbons (Fsp3) is 0.357. The first-order valence-corrected chi connectivity index (χ1v) is 8.42. The standard InChI is InChI=1S/C14H16Cl2N4OS/c1-8(2)20-9(3)18-19-14(20)22-7-13(21)17-12-6-10(15)4-5-11(12)16/h4-6,8H,7H2,1-3H3,(H,17,21). The molecule has 1 amide bonds. The van der Waals surface area contributed by atoms with Crippen LogP contribution in [0.3, 0.4) is 0 Å². The molecule has 1 aromatic carbocycles. The van der Waals surface area contributed by atoms with E-state index in [1.165, 1.54) is 11.8 Å². The molecular weight excluding hydrogens is 343 g/mol. The molecular formula is C14H16Cl2N4OS. The number of rotatable bonds is 5. The van der Waals surface area contributed by atoms with Crippen LogP contribution >= 0.6 is 35.0 Å². The summed E-state index contributed by atoms with van der Waals surface area (Å²) in [7, 11) is 0. The Morgan fingerprint density at radius 1 is 1.36 bits per heavy atom. The average molecular weight is 359 g/mol. The maximum Gasteiger partial charge on any atom is 0.234 e. The number of nitrogens with zero attached hydrogens (tertiary/aromatic N) is 3. The number of aryl methyl sites for hydroxylation is 1. The van der Waals surface area contributed by atoms with Gasteiger partial charge in [-0.25, -0.2) is 0 Å². The summed E-state index contributed by atoms with van der Waals surface area (Å²) >= 11 is 13.3. The molecule has 0 saturated carbocycles. The molecule has 5 nitrogen and oxygen atoms in total. The Balaban J connectivity index is 2.00. The average Bonchev–Trinajstić information content (AvgIpc) is 2.82. The monoisotopic (exact) mass is 358 g/mol. The van der Waals surface area contributed by atoms with Crippen molar-refractivity contribution in [2.24, 2.45) is 0 Å². The van der Waals surface area contributed by atoms with Crippen molar-refractivity contribution in [2.45, 2.75) is 32.0 Å². The molecule has 22 heavy (non-hydrogen) atoms. The SMILES string of the molecule is Cc1nnc(SCC(=O)Nc2cc(Cl)ccc2Cl)n1C(C)C. The second-order valence-corrected chi connectivity index (χ2v) is 6.74. The van der Waals surface area contributed by atoms with E-state index in [4.69, 9.17) is 23.2 Å². The molecule has 0 aliphatic carbocycles. The third kappa shape index (κ3) is 4.15. The van der Waals surface area contributed by atoms with E-state index < -0.39 is 0 Å². The minimum absolute atomic E-state index is 0.176. The smallest absolute Gasteiger partial charge is 0.234 e. The quantitative estimate of drug-likeness (QED) is 0.813. The summed E-state index contributed by atoms with van der Waals surface area (Å²) in [4.78, 5) is 12.0. The van der Waals surface area contributed by atoms with Gasteiger partial charge in [0.15, 0.2) is 5.16 Å². The molecule has 0 aliphatic rings. The molecule has 0 spiro atoms. The zero-order chi connectivity index (χ0) is 16.3. The number of thioether (sulfide) groups is 1. The summed E-state index contributed by atoms with van der Waals surface area (Å²) < 4.78 is 1.99. The fourth-order valence-electron chi connectivity index (χ4n) is 1.95. The maximum absolute atomic E-state index is 12.0. The summed E-state index contributed by atoms with van der Waals surface area (Å²) in [5.74, 6) is 0.870. The molecule has 2 rings (SSSR count). The lowest BCUT2D eigenvalue weighted by atomic mass is 10.3. The van der Waals surface area contributed by atoms with E-state index in [2.05, 4.69) is 15.5 Å². The highest BCUT2D eigenvalue weighted by Crippen LogP contribution is 2.26. The molecule has 0 fully saturated rings. The first kappa shape index (κ1) is 17.1. The lowest BCUT2D eigenvalue weighted by Crippen LogP contribution is -2.15. The van der Waals surface area contributed by atoms with Crippen molar-refractivity contribution in [3.63, 3.8) is 0 Å². The van der Waals surface area contributed by atoms with Crippen LogP contribution < -0.4 is 5.32 Å². The van der Waals surface area contributed by atoms with Crippen molar-refractivity contribution < 1.29 is 4.79 Å². The zero-order valence-electron chi connectivity index (χ0n) is 12.4. The van der Waals surface area contributed by atoms with Crippen molar-refractivity contribution in [1.82, 2.24) is 14.8 Å². The maximum atomic E-state index is 12.0. The molecule has 2 aromatic rings. The van der Waals surface area contributed by atoms with Gasteiger partial charge in [0.25, 0.3) is 0 Å². The van der Waals surface area contributed by atoms with Gasteiger partial charge in [-0.1, -0.05) is 35.0 Å². The highest BCUT2D eigenvalue weighted by molar-refractivity contribution is 7.99. The molecule has 0 aliphatic heterocycles. The number of aromatic nitrogens is 3. The molecule has 1 N–H and O–H groups in total. The minimum atomic E-state index is -0.176. The zero-order valence-corrected chi connectivity index (χ0v) is 14.8. The second-order valence-electron chi connectivity index (χ2n) is 4.95. The van der Waals surface area contributed by atoms with Crippen LogP contribution in [-0.2, 0) is 4.79 Å². The predicted octanol–water partition coefficient (Wildman–Crippen LogP) is 4.21. The molecule has 1 heterocycles. The Morgan fingerprint density at radius 3 is 2.77 bits per heavy atom. The predicted molar refractivity (Wildman–Crippen MR) is 91.0 cm³/mol. The minimum Gasteiger partial charge on any atom is -0.324 e. The van der Waals surface area contributed by atoms with E-state index >= 15 is 0 Å². The van der Waals surface area contributed by atoms with Crippen molar-refractivity contribution in [3.8, 4) is 0 Å². The van der Waals surface area contributed by atoms with Gasteiger partial charge in [-0.2, -0.15) is 0 Å². The number of benzene rings is 1. The Hall–Kier alpha value is -1.24. The summed E-state index contributed by atoms with van der Waals surface area (Å²) in [6, 6.07) is 5.17. The van der Waals surface area contributed by atoms with Gasteiger partial charge >= 0.3 is 0 Å². The molecule has 0 bridgehead atoms. The highest BCUT2D eigenvalue weighted by Gasteiger charge is 2.14. The van der Waals surface area contributed by atoms with Gasteiger partial charge in [0, 0.05) is 11.1 Å². The number of hydrogen-bond donors (Lipinski definition) is 1. The van der Waals surface area contributed by atoms with Crippen LogP contribution in [0.5, 0.6) is 0 Å². The van der Waals surface area contributed by atoms with Crippen LogP contribution in [0.2, 0.25) is 10.0 Å². The summed E-state index contributed by atoms with van der Waals surface area (Å²) in [6.07, 6.45) is 0. The van der Waals surface area contributed by atoms with Crippen LogP contribution in [0.25, 0.3) is 0 Å². The van der Waals surface area contributed by atoms with E-state index in [0.29, 0.717) is 15.7 Å². The normalized spacial score (nSPS) is 11.0. The van der Waals surface area contributed by atoms with E-state index in [1.807, 2.05) is 25.3 Å². The van der Waals surface area contributed by atoms with E-state index in [-0.39, 0.29) is 17.7 Å². The number of hydrogen-bond acceptors (Lipinski definition) is 4. The van der Waals surface area contributed by atoms with Crippen LogP contribution in [-0.4, -0.2) is 26.4 Å². The Labute approximate surface area is 143 Å². The largest absolute Gasteiger partial charge is 0.324 e. The fourth-order valence-corrected chi connectivity index (χ4v) is 3.20. The molecule has 1 aromatic heterocycles. The molecule has 0 atom stereocenters. The lowest BCUT2D eigenvalue weighted by Gasteiger charge is -2.12. The van der Waals surface area contributed by atoms with Crippen molar-refractivity contribution >= 4 is 46.6 Å². The Kier molecular flexibility index (Phi) is 5.72. The van der Waals surface area contributed by atoms with Crippen LogP contribution in [0.15, 0.2) is 23.4 Å². The number of anilines is 1. The van der Waals surface area contributed by atoms with Crippen LogP contribution in [0.1, 0.15) is 25.7 Å². The topological polar surface area (TPSA) is 59.8 Å². The van der Waals surface area contributed by atoms with Crippen LogP contribution in [0.4, 0.5) is 5.69 Å². The molecule has 0 unspecified atom stereocenters. The molecule has 0 radical (unpaired) electrons. The third-order valence-electron chi connectivity index (χ3n) is 2.89. The van der Waals surface area contributed by atoms with Gasteiger partial charge < -0.3 is 9.88 Å². The third-order valence-corrected chi connectivity index (χ3v) is 4.39. The number of nitrogens with one attached hydrogen (secondary N) is 1. The van der Waals surface area contributed by atoms with Crippen molar-refractivity contribution in [3.05, 3.63) is 34.1 Å². The van der Waals surface area contributed by atoms with Crippen LogP contribution in [0, 0.1) is 6.92 Å². The van der Waals surface area contributed by atoms with Gasteiger partial charge in [-0.15, -0.1) is 10.2 Å². The molecule has 118 valence electrons. The molecule has 0 saturated heterocycles. The number of carbonyl (C=O) groups excluding carboxylic acids is 1. The first-order chi connectivity index (χ1) is 10.4.